The Balaban J connectivity index is 1.30. The Morgan fingerprint density at radius 3 is 2.60 bits per heavy atom. The number of carbonyl (C=O) groups is 1. The van der Waals surface area contributed by atoms with E-state index in [4.69, 9.17) is 0 Å². The number of aromatic nitrogens is 4. The molecule has 2 aromatic heterocycles. The van der Waals surface area contributed by atoms with Gasteiger partial charge in [0.2, 0.25) is 11.9 Å². The molecular weight excluding hydrogens is 380 g/mol. The molecule has 0 aliphatic carbocycles. The van der Waals surface area contributed by atoms with E-state index in [9.17, 15) is 4.79 Å². The SMILES string of the molecule is CC(C(=O)N1CCN(c2ncccn2)CC1)N(C)CC1CCCN1c1cccnn1. The van der Waals surface area contributed by atoms with E-state index in [1.54, 1.807) is 18.6 Å². The van der Waals surface area contributed by atoms with Crippen LogP contribution in [0.25, 0.3) is 0 Å². The molecule has 0 saturated carbocycles. The highest BCUT2D eigenvalue weighted by Gasteiger charge is 2.32. The molecule has 4 rings (SSSR count). The van der Waals surface area contributed by atoms with E-state index in [1.807, 2.05) is 37.1 Å². The van der Waals surface area contributed by atoms with Crippen LogP contribution in [0.15, 0.2) is 36.8 Å². The van der Waals surface area contributed by atoms with Crippen molar-refractivity contribution in [2.24, 2.45) is 0 Å². The lowest BCUT2D eigenvalue weighted by Gasteiger charge is -2.38. The number of likely N-dealkylation sites (N-methyl/N-ethyl adjacent to an activating group) is 1. The lowest BCUT2D eigenvalue weighted by Crippen LogP contribution is -2.55. The number of anilines is 2. The van der Waals surface area contributed by atoms with Gasteiger partial charge in [-0.1, -0.05) is 0 Å². The first-order valence-electron chi connectivity index (χ1n) is 10.7. The summed E-state index contributed by atoms with van der Waals surface area (Å²) >= 11 is 0. The third-order valence-electron chi connectivity index (χ3n) is 6.17. The highest BCUT2D eigenvalue weighted by molar-refractivity contribution is 5.81. The predicted octanol–water partition coefficient (Wildman–Crippen LogP) is 0.905. The minimum atomic E-state index is -0.158. The van der Waals surface area contributed by atoms with Crippen LogP contribution in [0, 0.1) is 0 Å². The van der Waals surface area contributed by atoms with Crippen LogP contribution in [0.5, 0.6) is 0 Å². The molecule has 9 nitrogen and oxygen atoms in total. The van der Waals surface area contributed by atoms with E-state index in [1.165, 1.54) is 0 Å². The molecule has 0 bridgehead atoms. The van der Waals surface area contributed by atoms with Gasteiger partial charge in [-0.2, -0.15) is 5.10 Å². The lowest BCUT2D eigenvalue weighted by atomic mass is 10.1. The smallest absolute Gasteiger partial charge is 0.239 e. The molecule has 2 aliphatic heterocycles. The van der Waals surface area contributed by atoms with Gasteiger partial charge in [-0.15, -0.1) is 5.10 Å². The fourth-order valence-electron chi connectivity index (χ4n) is 4.30. The zero-order valence-electron chi connectivity index (χ0n) is 17.8. The molecule has 0 spiro atoms. The van der Waals surface area contributed by atoms with Crippen LogP contribution < -0.4 is 9.80 Å². The molecule has 2 atom stereocenters. The Morgan fingerprint density at radius 1 is 1.13 bits per heavy atom. The second-order valence-electron chi connectivity index (χ2n) is 8.05. The summed E-state index contributed by atoms with van der Waals surface area (Å²) in [6, 6.07) is 5.95. The molecule has 4 heterocycles. The topological polar surface area (TPSA) is 81.6 Å². The number of hydrogen-bond acceptors (Lipinski definition) is 8. The molecule has 2 aromatic rings. The maximum absolute atomic E-state index is 13.1. The average Bonchev–Trinajstić information content (AvgIpc) is 3.27. The maximum Gasteiger partial charge on any atom is 0.239 e. The zero-order chi connectivity index (χ0) is 20.9. The molecule has 0 aromatic carbocycles. The first-order valence-corrected chi connectivity index (χ1v) is 10.7. The summed E-state index contributed by atoms with van der Waals surface area (Å²) in [7, 11) is 2.05. The third kappa shape index (κ3) is 4.51. The molecule has 2 aliphatic rings. The summed E-state index contributed by atoms with van der Waals surface area (Å²) in [5.74, 6) is 1.85. The Morgan fingerprint density at radius 2 is 1.90 bits per heavy atom. The molecule has 0 N–H and O–H groups in total. The quantitative estimate of drug-likeness (QED) is 0.695. The van der Waals surface area contributed by atoms with E-state index in [2.05, 4.69) is 34.9 Å². The fraction of sp³-hybridized carbons (Fsp3) is 0.571. The summed E-state index contributed by atoms with van der Waals surface area (Å²) < 4.78 is 0. The van der Waals surface area contributed by atoms with Crippen LogP contribution >= 0.6 is 0 Å². The van der Waals surface area contributed by atoms with Crippen LogP contribution in [-0.4, -0.2) is 94.3 Å². The normalized spacial score (nSPS) is 20.6. The van der Waals surface area contributed by atoms with Crippen LogP contribution in [0.1, 0.15) is 19.8 Å². The molecule has 160 valence electrons. The number of rotatable bonds is 6. The van der Waals surface area contributed by atoms with Gasteiger partial charge in [0.05, 0.1) is 6.04 Å². The van der Waals surface area contributed by atoms with E-state index in [0.29, 0.717) is 19.1 Å². The lowest BCUT2D eigenvalue weighted by molar-refractivity contribution is -0.136. The van der Waals surface area contributed by atoms with Gasteiger partial charge in [0, 0.05) is 63.9 Å². The van der Waals surface area contributed by atoms with Crippen LogP contribution in [0.3, 0.4) is 0 Å². The van der Waals surface area contributed by atoms with E-state index < -0.39 is 0 Å². The van der Waals surface area contributed by atoms with Crippen molar-refractivity contribution in [1.29, 1.82) is 0 Å². The van der Waals surface area contributed by atoms with Crippen molar-refractivity contribution >= 4 is 17.7 Å². The summed E-state index contributed by atoms with van der Waals surface area (Å²) in [6.45, 7) is 6.75. The summed E-state index contributed by atoms with van der Waals surface area (Å²) in [6.07, 6.45) is 7.46. The minimum absolute atomic E-state index is 0.158. The van der Waals surface area contributed by atoms with Crippen molar-refractivity contribution in [2.45, 2.75) is 31.8 Å². The van der Waals surface area contributed by atoms with Crippen molar-refractivity contribution < 1.29 is 4.79 Å². The van der Waals surface area contributed by atoms with E-state index >= 15 is 0 Å². The maximum atomic E-state index is 13.1. The monoisotopic (exact) mass is 410 g/mol. The standard InChI is InChI=1S/C21H30N8O/c1-17(20(30)27-12-14-28(15-13-27)21-22-8-5-9-23-21)26(2)16-18-6-4-11-29(18)19-7-3-10-24-25-19/h3,5,7-10,17-18H,4,6,11-16H2,1-2H3. The second-order valence-corrected chi connectivity index (χ2v) is 8.05. The number of hydrogen-bond donors (Lipinski definition) is 0. The molecule has 2 unspecified atom stereocenters. The van der Waals surface area contributed by atoms with Crippen molar-refractivity contribution in [2.75, 3.05) is 56.1 Å². The highest BCUT2D eigenvalue weighted by Crippen LogP contribution is 2.24. The number of carbonyl (C=O) groups excluding carboxylic acids is 1. The molecule has 9 heteroatoms. The Bertz CT molecular complexity index is 812. The van der Waals surface area contributed by atoms with E-state index in [0.717, 1.165) is 50.8 Å². The van der Waals surface area contributed by atoms with Crippen molar-refractivity contribution in [3.8, 4) is 0 Å². The van der Waals surface area contributed by atoms with Gasteiger partial charge in [0.25, 0.3) is 0 Å². The fourth-order valence-corrected chi connectivity index (χ4v) is 4.30. The molecule has 2 fully saturated rings. The largest absolute Gasteiger partial charge is 0.351 e. The summed E-state index contributed by atoms with van der Waals surface area (Å²) in [4.78, 5) is 30.3. The molecule has 2 saturated heterocycles. The van der Waals surface area contributed by atoms with Gasteiger partial charge < -0.3 is 14.7 Å². The van der Waals surface area contributed by atoms with Crippen LogP contribution in [0.2, 0.25) is 0 Å². The Hall–Kier alpha value is -2.81. The van der Waals surface area contributed by atoms with Gasteiger partial charge in [0.1, 0.15) is 0 Å². The van der Waals surface area contributed by atoms with Gasteiger partial charge in [0.15, 0.2) is 5.82 Å². The van der Waals surface area contributed by atoms with Crippen molar-refractivity contribution in [1.82, 2.24) is 30.0 Å². The van der Waals surface area contributed by atoms with Gasteiger partial charge in [-0.05, 0) is 45.0 Å². The minimum Gasteiger partial charge on any atom is -0.351 e. The van der Waals surface area contributed by atoms with Crippen LogP contribution in [-0.2, 0) is 4.79 Å². The Kier molecular flexibility index (Phi) is 6.37. The number of amides is 1. The van der Waals surface area contributed by atoms with Gasteiger partial charge >= 0.3 is 0 Å². The molecule has 1 amide bonds. The predicted molar refractivity (Wildman–Crippen MR) is 115 cm³/mol. The number of piperazine rings is 1. The van der Waals surface area contributed by atoms with Crippen molar-refractivity contribution in [3.63, 3.8) is 0 Å². The highest BCUT2D eigenvalue weighted by atomic mass is 16.2. The average molecular weight is 411 g/mol. The van der Waals surface area contributed by atoms with Crippen molar-refractivity contribution in [3.05, 3.63) is 36.8 Å². The van der Waals surface area contributed by atoms with Crippen LogP contribution in [0.4, 0.5) is 11.8 Å². The number of nitrogens with zero attached hydrogens (tertiary/aromatic N) is 8. The first-order chi connectivity index (χ1) is 14.6. The molecule has 0 radical (unpaired) electrons. The van der Waals surface area contributed by atoms with Gasteiger partial charge in [-0.3, -0.25) is 9.69 Å². The van der Waals surface area contributed by atoms with E-state index in [-0.39, 0.29) is 11.9 Å². The zero-order valence-corrected chi connectivity index (χ0v) is 17.8. The Labute approximate surface area is 177 Å². The third-order valence-corrected chi connectivity index (χ3v) is 6.17. The molecular formula is C21H30N8O. The summed E-state index contributed by atoms with van der Waals surface area (Å²) in [5, 5.41) is 8.29. The van der Waals surface area contributed by atoms with Gasteiger partial charge in [-0.25, -0.2) is 9.97 Å². The molecule has 30 heavy (non-hydrogen) atoms. The second kappa shape index (κ2) is 9.34. The first kappa shape index (κ1) is 20.5. The summed E-state index contributed by atoms with van der Waals surface area (Å²) in [5.41, 5.74) is 0.